The second-order valence-corrected chi connectivity index (χ2v) is 9.99. The summed E-state index contributed by atoms with van der Waals surface area (Å²) in [5.74, 6) is 0. The van der Waals surface area contributed by atoms with Crippen molar-refractivity contribution in [2.24, 2.45) is 5.41 Å². The molecular weight excluding hydrogens is 409 g/mol. The number of pyridine rings is 1. The van der Waals surface area contributed by atoms with Crippen molar-refractivity contribution >= 4 is 11.3 Å². The second-order valence-electron chi connectivity index (χ2n) is 8.82. The number of rotatable bonds is 8. The fourth-order valence-corrected chi connectivity index (χ4v) is 5.06. The summed E-state index contributed by atoms with van der Waals surface area (Å²) < 4.78 is 44.6. The van der Waals surface area contributed by atoms with E-state index in [0.29, 0.717) is 19.6 Å². The van der Waals surface area contributed by atoms with Gasteiger partial charge in [0.25, 0.3) is 0 Å². The first-order valence-corrected chi connectivity index (χ1v) is 11.3. The first kappa shape index (κ1) is 23.2. The van der Waals surface area contributed by atoms with Crippen LogP contribution < -0.4 is 0 Å². The molecule has 3 rings (SSSR count). The van der Waals surface area contributed by atoms with Crippen LogP contribution in [0.25, 0.3) is 0 Å². The maximum absolute atomic E-state index is 12.9. The molecule has 0 aromatic carbocycles. The lowest BCUT2D eigenvalue weighted by Crippen LogP contribution is -2.42. The Morgan fingerprint density at radius 1 is 1.20 bits per heavy atom. The van der Waals surface area contributed by atoms with E-state index in [2.05, 4.69) is 29.8 Å². The van der Waals surface area contributed by atoms with Crippen LogP contribution in [-0.4, -0.2) is 36.2 Å². The van der Waals surface area contributed by atoms with Gasteiger partial charge in [0.1, 0.15) is 4.88 Å². The molecule has 0 amide bonds. The van der Waals surface area contributed by atoms with Gasteiger partial charge < -0.3 is 4.74 Å². The molecule has 30 heavy (non-hydrogen) atoms. The summed E-state index contributed by atoms with van der Waals surface area (Å²) in [6.45, 7) is 11.5. The van der Waals surface area contributed by atoms with Crippen LogP contribution in [0.4, 0.5) is 13.2 Å². The summed E-state index contributed by atoms with van der Waals surface area (Å²) in [4.78, 5) is 7.20. The van der Waals surface area contributed by atoms with Crippen LogP contribution in [-0.2, 0) is 22.9 Å². The number of hydrogen-bond donors (Lipinski definition) is 0. The zero-order chi connectivity index (χ0) is 22.0. The Bertz CT molecular complexity index is 832. The van der Waals surface area contributed by atoms with E-state index in [1.165, 1.54) is 11.6 Å². The fraction of sp³-hybridized carbons (Fsp3) is 0.609. The van der Waals surface area contributed by atoms with Crippen LogP contribution in [0.3, 0.4) is 0 Å². The van der Waals surface area contributed by atoms with Crippen molar-refractivity contribution in [2.45, 2.75) is 58.7 Å². The van der Waals surface area contributed by atoms with E-state index in [-0.39, 0.29) is 11.0 Å². The molecule has 0 bridgehead atoms. The van der Waals surface area contributed by atoms with Gasteiger partial charge in [0.05, 0.1) is 6.61 Å². The molecule has 1 atom stereocenters. The van der Waals surface area contributed by atoms with Gasteiger partial charge in [-0.15, -0.1) is 11.3 Å². The normalized spacial score (nSPS) is 20.8. The molecule has 2 aromatic heterocycles. The number of thiophene rings is 1. The van der Waals surface area contributed by atoms with Crippen LogP contribution >= 0.6 is 11.3 Å². The molecule has 3 heterocycles. The lowest BCUT2D eigenvalue weighted by atomic mass is 9.82. The Labute approximate surface area is 181 Å². The average Bonchev–Trinajstić information content (AvgIpc) is 3.33. The number of halogens is 3. The van der Waals surface area contributed by atoms with E-state index < -0.39 is 11.1 Å². The number of aromatic nitrogens is 1. The van der Waals surface area contributed by atoms with Crippen molar-refractivity contribution in [3.8, 4) is 0 Å². The predicted octanol–water partition coefficient (Wildman–Crippen LogP) is 6.07. The molecule has 1 unspecified atom stereocenters. The van der Waals surface area contributed by atoms with E-state index in [1.807, 2.05) is 26.1 Å². The van der Waals surface area contributed by atoms with Crippen molar-refractivity contribution in [1.29, 1.82) is 0 Å². The van der Waals surface area contributed by atoms with Crippen molar-refractivity contribution < 1.29 is 17.9 Å². The lowest BCUT2D eigenvalue weighted by molar-refractivity contribution is -0.134. The number of hydrogen-bond acceptors (Lipinski definition) is 4. The second kappa shape index (κ2) is 8.97. The SMILES string of the molecule is CCOCC1(CCc2ccc(C(F)(F)F)s2)CCN(C(C)(C)c2ccc(C)nc2)C1. The molecule has 0 spiro atoms. The van der Waals surface area contributed by atoms with Crippen LogP contribution in [0, 0.1) is 12.3 Å². The molecule has 2 aromatic rings. The molecule has 0 aliphatic carbocycles. The number of aryl methyl sites for hydroxylation is 2. The molecule has 0 saturated carbocycles. The zero-order valence-corrected chi connectivity index (χ0v) is 19.0. The molecule has 1 aliphatic heterocycles. The first-order valence-electron chi connectivity index (χ1n) is 10.5. The van der Waals surface area contributed by atoms with E-state index in [0.717, 1.165) is 47.8 Å². The van der Waals surface area contributed by atoms with Crippen LogP contribution in [0.1, 0.15) is 54.6 Å². The van der Waals surface area contributed by atoms with Gasteiger partial charge in [0.15, 0.2) is 0 Å². The fourth-order valence-electron chi connectivity index (χ4n) is 4.19. The predicted molar refractivity (Wildman–Crippen MR) is 115 cm³/mol. The average molecular weight is 441 g/mol. The molecule has 1 fully saturated rings. The number of alkyl halides is 3. The summed E-state index contributed by atoms with van der Waals surface area (Å²) in [6.07, 6.45) is 0.134. The summed E-state index contributed by atoms with van der Waals surface area (Å²) in [5, 5.41) is 0. The van der Waals surface area contributed by atoms with Crippen molar-refractivity contribution in [1.82, 2.24) is 9.88 Å². The van der Waals surface area contributed by atoms with Gasteiger partial charge in [-0.05, 0) is 77.3 Å². The molecule has 1 aliphatic rings. The number of likely N-dealkylation sites (tertiary alicyclic amines) is 1. The summed E-state index contributed by atoms with van der Waals surface area (Å²) >= 11 is 0.863. The van der Waals surface area contributed by atoms with Crippen molar-refractivity contribution in [2.75, 3.05) is 26.3 Å². The monoisotopic (exact) mass is 440 g/mol. The highest BCUT2D eigenvalue weighted by Gasteiger charge is 2.43. The van der Waals surface area contributed by atoms with Gasteiger partial charge in [-0.3, -0.25) is 9.88 Å². The first-order chi connectivity index (χ1) is 14.1. The molecule has 1 saturated heterocycles. The molecule has 0 N–H and O–H groups in total. The largest absolute Gasteiger partial charge is 0.425 e. The quantitative estimate of drug-likeness (QED) is 0.498. The van der Waals surface area contributed by atoms with Gasteiger partial charge in [0, 0.05) is 40.9 Å². The van der Waals surface area contributed by atoms with Crippen LogP contribution in [0.15, 0.2) is 30.5 Å². The highest BCUT2D eigenvalue weighted by Crippen LogP contribution is 2.42. The highest BCUT2D eigenvalue weighted by atomic mass is 32.1. The summed E-state index contributed by atoms with van der Waals surface area (Å²) in [7, 11) is 0. The Hall–Kier alpha value is -1.44. The Morgan fingerprint density at radius 3 is 2.57 bits per heavy atom. The Balaban J connectivity index is 1.72. The Kier molecular flexibility index (Phi) is 6.94. The van der Waals surface area contributed by atoms with Crippen LogP contribution in [0.2, 0.25) is 0 Å². The third-order valence-electron chi connectivity index (χ3n) is 6.30. The van der Waals surface area contributed by atoms with Crippen molar-refractivity contribution in [3.63, 3.8) is 0 Å². The number of nitrogens with zero attached hydrogens (tertiary/aromatic N) is 2. The Morgan fingerprint density at radius 2 is 1.97 bits per heavy atom. The van der Waals surface area contributed by atoms with E-state index in [4.69, 9.17) is 4.74 Å². The van der Waals surface area contributed by atoms with Gasteiger partial charge in [0.2, 0.25) is 0 Å². The maximum Gasteiger partial charge on any atom is 0.425 e. The van der Waals surface area contributed by atoms with Gasteiger partial charge in [-0.2, -0.15) is 13.2 Å². The standard InChI is InChI=1S/C23H31F3N2OS/c1-5-29-16-22(11-10-19-8-9-20(30-19)23(24,25)26)12-13-28(15-22)21(3,4)18-7-6-17(2)27-14-18/h6-9,14H,5,10-13,15-16H2,1-4H3. The topological polar surface area (TPSA) is 25.4 Å². The summed E-state index contributed by atoms with van der Waals surface area (Å²) in [6, 6.07) is 6.99. The molecule has 0 radical (unpaired) electrons. The van der Waals surface area contributed by atoms with Gasteiger partial charge >= 0.3 is 6.18 Å². The third-order valence-corrected chi connectivity index (χ3v) is 7.49. The minimum absolute atomic E-state index is 0.0478. The minimum atomic E-state index is -4.26. The minimum Gasteiger partial charge on any atom is -0.381 e. The third kappa shape index (κ3) is 5.24. The summed E-state index contributed by atoms with van der Waals surface area (Å²) in [5.41, 5.74) is 1.96. The van der Waals surface area contributed by atoms with E-state index in [1.54, 1.807) is 6.07 Å². The molecular formula is C23H31F3N2OS. The molecule has 166 valence electrons. The zero-order valence-electron chi connectivity index (χ0n) is 18.2. The van der Waals surface area contributed by atoms with Crippen molar-refractivity contribution in [3.05, 3.63) is 51.5 Å². The van der Waals surface area contributed by atoms with E-state index >= 15 is 0 Å². The lowest BCUT2D eigenvalue weighted by Gasteiger charge is -2.38. The van der Waals surface area contributed by atoms with Gasteiger partial charge in [-0.1, -0.05) is 6.07 Å². The molecule has 7 heteroatoms. The molecule has 3 nitrogen and oxygen atoms in total. The van der Waals surface area contributed by atoms with Gasteiger partial charge in [-0.25, -0.2) is 0 Å². The maximum atomic E-state index is 12.9. The smallest absolute Gasteiger partial charge is 0.381 e. The highest BCUT2D eigenvalue weighted by molar-refractivity contribution is 7.12. The van der Waals surface area contributed by atoms with E-state index in [9.17, 15) is 13.2 Å². The van der Waals surface area contributed by atoms with Crippen LogP contribution in [0.5, 0.6) is 0 Å². The number of ether oxygens (including phenoxy) is 1.